The van der Waals surface area contributed by atoms with Crippen LogP contribution in [0.25, 0.3) is 0 Å². The molecule has 2 rings (SSSR count). The molecule has 0 saturated carbocycles. The van der Waals surface area contributed by atoms with E-state index in [1.54, 1.807) is 17.5 Å². The van der Waals surface area contributed by atoms with E-state index in [-0.39, 0.29) is 30.1 Å². The van der Waals surface area contributed by atoms with E-state index in [1.165, 1.54) is 23.5 Å². The van der Waals surface area contributed by atoms with Gasteiger partial charge in [0.2, 0.25) is 5.91 Å². The normalized spacial score (nSPS) is 10.2. The monoisotopic (exact) mass is 293 g/mol. The number of phenolic OH excluding ortho intramolecular Hbond substituents is 1. The van der Waals surface area contributed by atoms with Crippen LogP contribution in [-0.2, 0) is 4.79 Å². The standard InChI is InChI=1S/C14H12FNO3S/c15-10-8-9(17)3-4-11(10)16-14(19)6-5-12(18)13-2-1-7-20-13/h1-4,7-8,17H,5-6H2,(H,16,19). The van der Waals surface area contributed by atoms with Crippen LogP contribution in [0, 0.1) is 5.82 Å². The molecule has 1 aromatic heterocycles. The average molecular weight is 293 g/mol. The highest BCUT2D eigenvalue weighted by molar-refractivity contribution is 7.12. The van der Waals surface area contributed by atoms with E-state index < -0.39 is 11.7 Å². The molecule has 1 aromatic carbocycles. The van der Waals surface area contributed by atoms with Crippen LogP contribution in [0.1, 0.15) is 22.5 Å². The smallest absolute Gasteiger partial charge is 0.224 e. The summed E-state index contributed by atoms with van der Waals surface area (Å²) in [5.41, 5.74) is -0.0172. The molecule has 0 aliphatic rings. The summed E-state index contributed by atoms with van der Waals surface area (Å²) in [6.07, 6.45) is 0.0586. The zero-order chi connectivity index (χ0) is 14.5. The molecule has 1 amide bonds. The summed E-state index contributed by atoms with van der Waals surface area (Å²) >= 11 is 1.32. The second kappa shape index (κ2) is 6.29. The number of carbonyl (C=O) groups excluding carboxylic acids is 2. The number of nitrogens with one attached hydrogen (secondary N) is 1. The van der Waals surface area contributed by atoms with Gasteiger partial charge in [-0.1, -0.05) is 6.07 Å². The Morgan fingerprint density at radius 2 is 2.05 bits per heavy atom. The van der Waals surface area contributed by atoms with E-state index in [2.05, 4.69) is 5.32 Å². The van der Waals surface area contributed by atoms with Gasteiger partial charge in [-0.05, 0) is 23.6 Å². The first-order valence-electron chi connectivity index (χ1n) is 5.91. The lowest BCUT2D eigenvalue weighted by Gasteiger charge is -2.06. The third kappa shape index (κ3) is 3.64. The lowest BCUT2D eigenvalue weighted by molar-refractivity contribution is -0.116. The molecule has 0 radical (unpaired) electrons. The fourth-order valence-corrected chi connectivity index (χ4v) is 2.30. The van der Waals surface area contributed by atoms with E-state index in [9.17, 15) is 14.0 Å². The maximum Gasteiger partial charge on any atom is 0.224 e. The Morgan fingerprint density at radius 1 is 1.25 bits per heavy atom. The highest BCUT2D eigenvalue weighted by atomic mass is 32.1. The minimum atomic E-state index is -0.720. The molecule has 0 bridgehead atoms. The van der Waals surface area contributed by atoms with Gasteiger partial charge in [-0.2, -0.15) is 0 Å². The number of phenols is 1. The van der Waals surface area contributed by atoms with Gasteiger partial charge in [0.15, 0.2) is 5.78 Å². The van der Waals surface area contributed by atoms with Gasteiger partial charge in [-0.25, -0.2) is 4.39 Å². The minimum Gasteiger partial charge on any atom is -0.508 e. The molecule has 4 nitrogen and oxygen atoms in total. The summed E-state index contributed by atoms with van der Waals surface area (Å²) in [7, 11) is 0. The molecular weight excluding hydrogens is 281 g/mol. The van der Waals surface area contributed by atoms with Crippen molar-refractivity contribution in [2.75, 3.05) is 5.32 Å². The summed E-state index contributed by atoms with van der Waals surface area (Å²) in [4.78, 5) is 23.9. The van der Waals surface area contributed by atoms with Gasteiger partial charge in [-0.15, -0.1) is 11.3 Å². The van der Waals surface area contributed by atoms with Crippen molar-refractivity contribution in [3.8, 4) is 5.75 Å². The highest BCUT2D eigenvalue weighted by Gasteiger charge is 2.12. The van der Waals surface area contributed by atoms with Crippen LogP contribution in [0.3, 0.4) is 0 Å². The van der Waals surface area contributed by atoms with E-state index >= 15 is 0 Å². The van der Waals surface area contributed by atoms with Crippen molar-refractivity contribution in [3.63, 3.8) is 0 Å². The molecule has 0 spiro atoms. The van der Waals surface area contributed by atoms with Crippen LogP contribution in [-0.4, -0.2) is 16.8 Å². The molecule has 20 heavy (non-hydrogen) atoms. The Labute approximate surface area is 118 Å². The van der Waals surface area contributed by atoms with Crippen molar-refractivity contribution in [2.24, 2.45) is 0 Å². The van der Waals surface area contributed by atoms with E-state index in [4.69, 9.17) is 5.11 Å². The number of Topliss-reactive ketones (excluding diaryl/α,β-unsaturated/α-hetero) is 1. The number of benzene rings is 1. The van der Waals surface area contributed by atoms with Crippen LogP contribution in [0.2, 0.25) is 0 Å². The lowest BCUT2D eigenvalue weighted by Crippen LogP contribution is -2.14. The number of aromatic hydroxyl groups is 1. The van der Waals surface area contributed by atoms with Gasteiger partial charge >= 0.3 is 0 Å². The van der Waals surface area contributed by atoms with Crippen molar-refractivity contribution in [1.82, 2.24) is 0 Å². The number of hydrogen-bond acceptors (Lipinski definition) is 4. The van der Waals surface area contributed by atoms with E-state index in [0.29, 0.717) is 4.88 Å². The third-order valence-electron chi connectivity index (χ3n) is 2.60. The van der Waals surface area contributed by atoms with Crippen molar-refractivity contribution in [3.05, 3.63) is 46.4 Å². The zero-order valence-corrected chi connectivity index (χ0v) is 11.2. The number of carbonyl (C=O) groups is 2. The van der Waals surface area contributed by atoms with Crippen LogP contribution >= 0.6 is 11.3 Å². The van der Waals surface area contributed by atoms with Gasteiger partial charge in [0.25, 0.3) is 0 Å². The molecule has 0 saturated heterocycles. The molecule has 0 aliphatic carbocycles. The maximum absolute atomic E-state index is 13.4. The lowest BCUT2D eigenvalue weighted by atomic mass is 10.2. The van der Waals surface area contributed by atoms with Crippen LogP contribution in [0.5, 0.6) is 5.75 Å². The van der Waals surface area contributed by atoms with Crippen molar-refractivity contribution in [2.45, 2.75) is 12.8 Å². The summed E-state index contributed by atoms with van der Waals surface area (Å²) in [6, 6.07) is 6.92. The SMILES string of the molecule is O=C(CCC(=O)c1cccs1)Nc1ccc(O)cc1F. The Morgan fingerprint density at radius 3 is 2.70 bits per heavy atom. The summed E-state index contributed by atoms with van der Waals surface area (Å²) in [6.45, 7) is 0. The zero-order valence-electron chi connectivity index (χ0n) is 10.4. The summed E-state index contributed by atoms with van der Waals surface area (Å²) in [5, 5.41) is 13.2. The number of hydrogen-bond donors (Lipinski definition) is 2. The molecule has 0 fully saturated rings. The Bertz CT molecular complexity index is 625. The number of amides is 1. The molecule has 1 heterocycles. The molecule has 2 N–H and O–H groups in total. The van der Waals surface area contributed by atoms with Gasteiger partial charge in [-0.3, -0.25) is 9.59 Å². The van der Waals surface area contributed by atoms with E-state index in [1.807, 2.05) is 0 Å². The predicted octanol–water partition coefficient (Wildman–Crippen LogP) is 3.19. The highest BCUT2D eigenvalue weighted by Crippen LogP contribution is 2.20. The second-order valence-electron chi connectivity index (χ2n) is 4.11. The van der Waals surface area contributed by atoms with Crippen molar-refractivity contribution < 1.29 is 19.1 Å². The topological polar surface area (TPSA) is 66.4 Å². The van der Waals surface area contributed by atoms with Gasteiger partial charge in [0.1, 0.15) is 11.6 Å². The maximum atomic E-state index is 13.4. The van der Waals surface area contributed by atoms with Gasteiger partial charge in [0, 0.05) is 18.9 Å². The second-order valence-corrected chi connectivity index (χ2v) is 5.06. The Balaban J connectivity index is 1.88. The summed E-state index contributed by atoms with van der Waals surface area (Å²) < 4.78 is 13.4. The van der Waals surface area contributed by atoms with Crippen LogP contribution in [0.15, 0.2) is 35.7 Å². The largest absolute Gasteiger partial charge is 0.508 e. The molecule has 0 atom stereocenters. The van der Waals surface area contributed by atoms with Crippen molar-refractivity contribution in [1.29, 1.82) is 0 Å². The fraction of sp³-hybridized carbons (Fsp3) is 0.143. The first kappa shape index (κ1) is 14.2. The Kier molecular flexibility index (Phi) is 4.47. The van der Waals surface area contributed by atoms with Crippen molar-refractivity contribution >= 4 is 28.7 Å². The van der Waals surface area contributed by atoms with Gasteiger partial charge in [0.05, 0.1) is 10.6 Å². The number of rotatable bonds is 5. The average Bonchev–Trinajstić information content (AvgIpc) is 2.93. The molecule has 104 valence electrons. The Hall–Kier alpha value is -2.21. The number of anilines is 1. The minimum absolute atomic E-state index is 0.0168. The first-order valence-corrected chi connectivity index (χ1v) is 6.79. The first-order chi connectivity index (χ1) is 9.56. The molecule has 0 unspecified atom stereocenters. The fourth-order valence-electron chi connectivity index (χ4n) is 1.61. The molecule has 6 heteroatoms. The molecule has 0 aliphatic heterocycles. The molecular formula is C14H12FNO3S. The van der Waals surface area contributed by atoms with E-state index in [0.717, 1.165) is 6.07 Å². The van der Waals surface area contributed by atoms with Crippen LogP contribution < -0.4 is 5.32 Å². The number of ketones is 1. The predicted molar refractivity (Wildman–Crippen MR) is 74.6 cm³/mol. The quantitative estimate of drug-likeness (QED) is 0.657. The number of thiophene rings is 1. The van der Waals surface area contributed by atoms with Gasteiger partial charge < -0.3 is 10.4 Å². The third-order valence-corrected chi connectivity index (χ3v) is 3.51. The van der Waals surface area contributed by atoms with Crippen LogP contribution in [0.4, 0.5) is 10.1 Å². The number of halogens is 1. The summed E-state index contributed by atoms with van der Waals surface area (Å²) in [5.74, 6) is -1.49. The molecule has 2 aromatic rings.